The van der Waals surface area contributed by atoms with Gasteiger partial charge in [-0.15, -0.1) is 0 Å². The summed E-state index contributed by atoms with van der Waals surface area (Å²) in [5.74, 6) is -2.15. The van der Waals surface area contributed by atoms with Crippen LogP contribution in [0.25, 0.3) is 10.9 Å². The van der Waals surface area contributed by atoms with Gasteiger partial charge in [0.25, 0.3) is 0 Å². The summed E-state index contributed by atoms with van der Waals surface area (Å²) < 4.78 is 6.20. The Kier molecular flexibility index (Phi) is 3.43. The maximum Gasteiger partial charge on any atom is 0.341 e. The maximum absolute atomic E-state index is 12.1. The molecule has 0 amide bonds. The fourth-order valence-electron chi connectivity index (χ4n) is 1.93. The summed E-state index contributed by atoms with van der Waals surface area (Å²) in [5, 5.41) is 18.0. The normalized spacial score (nSPS) is 10.4. The minimum atomic E-state index is -1.40. The van der Waals surface area contributed by atoms with E-state index in [4.69, 9.17) is 14.9 Å². The van der Waals surface area contributed by atoms with Gasteiger partial charge in [0.05, 0.1) is 18.0 Å². The summed E-state index contributed by atoms with van der Waals surface area (Å²) in [6, 6.07) is 4.48. The Bertz CT molecular complexity index is 761. The lowest BCUT2D eigenvalue weighted by Gasteiger charge is -2.11. The smallest absolute Gasteiger partial charge is 0.341 e. The lowest BCUT2D eigenvalue weighted by molar-refractivity contribution is -0.137. The third kappa shape index (κ3) is 2.33. The van der Waals surface area contributed by atoms with Crippen LogP contribution in [-0.2, 0) is 11.3 Å². The molecule has 0 aliphatic carbocycles. The third-order valence-corrected chi connectivity index (χ3v) is 2.82. The Hall–Kier alpha value is -2.83. The lowest BCUT2D eigenvalue weighted by atomic mass is 10.1. The molecular weight excluding hydrogens is 266 g/mol. The predicted molar refractivity (Wildman–Crippen MR) is 69.4 cm³/mol. The van der Waals surface area contributed by atoms with Gasteiger partial charge in [0.2, 0.25) is 5.43 Å². The van der Waals surface area contributed by atoms with Crippen molar-refractivity contribution in [2.75, 3.05) is 7.11 Å². The molecule has 104 valence electrons. The molecular formula is C13H11NO6. The minimum absolute atomic E-state index is 0.102. The molecule has 0 unspecified atom stereocenters. The number of hydrogen-bond acceptors (Lipinski definition) is 4. The largest absolute Gasteiger partial charge is 0.497 e. The predicted octanol–water partition coefficient (Wildman–Crippen LogP) is 0.793. The number of benzene rings is 1. The number of fused-ring (bicyclic) bond motifs is 1. The second-order valence-corrected chi connectivity index (χ2v) is 4.08. The van der Waals surface area contributed by atoms with Gasteiger partial charge in [-0.1, -0.05) is 0 Å². The number of rotatable bonds is 4. The highest BCUT2D eigenvalue weighted by Gasteiger charge is 2.16. The summed E-state index contributed by atoms with van der Waals surface area (Å²) in [7, 11) is 1.41. The average Bonchev–Trinajstić information content (AvgIpc) is 2.40. The number of hydrogen-bond donors (Lipinski definition) is 2. The minimum Gasteiger partial charge on any atom is -0.497 e. The number of carbonyl (C=O) groups is 2. The monoisotopic (exact) mass is 277 g/mol. The fourth-order valence-corrected chi connectivity index (χ4v) is 1.93. The van der Waals surface area contributed by atoms with Gasteiger partial charge in [-0.05, 0) is 18.2 Å². The van der Waals surface area contributed by atoms with Gasteiger partial charge in [-0.3, -0.25) is 9.59 Å². The zero-order valence-corrected chi connectivity index (χ0v) is 10.5. The van der Waals surface area contributed by atoms with Crippen LogP contribution in [-0.4, -0.2) is 33.8 Å². The van der Waals surface area contributed by atoms with Gasteiger partial charge in [0.1, 0.15) is 17.9 Å². The first kappa shape index (κ1) is 13.6. The number of methoxy groups -OCH3 is 1. The number of pyridine rings is 1. The van der Waals surface area contributed by atoms with E-state index in [1.54, 1.807) is 6.07 Å². The Labute approximate surface area is 112 Å². The van der Waals surface area contributed by atoms with Crippen molar-refractivity contribution in [1.82, 2.24) is 4.57 Å². The standard InChI is InChI=1S/C13H11NO6/c1-20-7-2-3-10-8(4-7)12(17)9(13(18)19)5-14(10)6-11(15)16/h2-5H,6H2,1H3,(H,15,16)(H,18,19). The topological polar surface area (TPSA) is 106 Å². The molecule has 1 aromatic heterocycles. The molecule has 1 heterocycles. The van der Waals surface area contributed by atoms with Crippen LogP contribution in [0.2, 0.25) is 0 Å². The number of carboxylic acid groups (broad SMARTS) is 2. The van der Waals surface area contributed by atoms with Crippen molar-refractivity contribution < 1.29 is 24.5 Å². The zero-order valence-electron chi connectivity index (χ0n) is 10.5. The first-order valence-corrected chi connectivity index (χ1v) is 5.60. The van der Waals surface area contributed by atoms with E-state index >= 15 is 0 Å². The van der Waals surface area contributed by atoms with Crippen LogP contribution >= 0.6 is 0 Å². The molecule has 0 bridgehead atoms. The number of ether oxygens (including phenoxy) is 1. The fraction of sp³-hybridized carbons (Fsp3) is 0.154. The molecule has 0 spiro atoms. The van der Waals surface area contributed by atoms with Gasteiger partial charge < -0.3 is 19.5 Å². The van der Waals surface area contributed by atoms with Crippen LogP contribution in [0.3, 0.4) is 0 Å². The highest BCUT2D eigenvalue weighted by Crippen LogP contribution is 2.19. The van der Waals surface area contributed by atoms with Crippen LogP contribution in [0.15, 0.2) is 29.2 Å². The molecule has 0 radical (unpaired) electrons. The first-order chi connectivity index (χ1) is 9.43. The Morgan fingerprint density at radius 2 is 2.00 bits per heavy atom. The third-order valence-electron chi connectivity index (χ3n) is 2.82. The van der Waals surface area contributed by atoms with E-state index < -0.39 is 29.5 Å². The SMILES string of the molecule is COc1ccc2c(c1)c(=O)c(C(=O)O)cn2CC(=O)O. The maximum atomic E-state index is 12.1. The van der Waals surface area contributed by atoms with Crippen LogP contribution in [0.1, 0.15) is 10.4 Å². The molecule has 0 saturated heterocycles. The molecule has 0 aliphatic heterocycles. The van der Waals surface area contributed by atoms with Gasteiger partial charge in [0, 0.05) is 6.20 Å². The van der Waals surface area contributed by atoms with Crippen molar-refractivity contribution >= 4 is 22.8 Å². The second kappa shape index (κ2) is 5.04. The molecule has 1 aromatic carbocycles. The summed E-state index contributed by atoms with van der Waals surface area (Å²) in [5.41, 5.74) is -0.816. The first-order valence-electron chi connectivity index (χ1n) is 5.60. The Balaban J connectivity index is 2.84. The number of aliphatic carboxylic acids is 1. The van der Waals surface area contributed by atoms with Crippen molar-refractivity contribution in [2.24, 2.45) is 0 Å². The van der Waals surface area contributed by atoms with Gasteiger partial charge in [-0.2, -0.15) is 0 Å². The molecule has 0 aliphatic rings. The molecule has 7 nitrogen and oxygen atoms in total. The van der Waals surface area contributed by atoms with E-state index in [9.17, 15) is 14.4 Å². The molecule has 2 rings (SSSR count). The summed E-state index contributed by atoms with van der Waals surface area (Å²) in [6.07, 6.45) is 1.04. The average molecular weight is 277 g/mol. The van der Waals surface area contributed by atoms with Crippen LogP contribution < -0.4 is 10.2 Å². The van der Waals surface area contributed by atoms with Crippen LogP contribution in [0.4, 0.5) is 0 Å². The van der Waals surface area contributed by atoms with Gasteiger partial charge in [-0.25, -0.2) is 4.79 Å². The highest BCUT2D eigenvalue weighted by atomic mass is 16.5. The van der Waals surface area contributed by atoms with E-state index in [-0.39, 0.29) is 5.39 Å². The van der Waals surface area contributed by atoms with Crippen molar-refractivity contribution in [1.29, 1.82) is 0 Å². The summed E-state index contributed by atoms with van der Waals surface area (Å²) >= 11 is 0. The molecule has 7 heteroatoms. The number of carboxylic acids is 2. The van der Waals surface area contributed by atoms with Crippen molar-refractivity contribution in [3.8, 4) is 5.75 Å². The van der Waals surface area contributed by atoms with E-state index in [2.05, 4.69) is 0 Å². The Morgan fingerprint density at radius 3 is 2.55 bits per heavy atom. The van der Waals surface area contributed by atoms with E-state index in [1.165, 1.54) is 23.8 Å². The number of aromatic nitrogens is 1. The zero-order chi connectivity index (χ0) is 14.9. The molecule has 20 heavy (non-hydrogen) atoms. The van der Waals surface area contributed by atoms with Crippen molar-refractivity contribution in [2.45, 2.75) is 6.54 Å². The summed E-state index contributed by atoms with van der Waals surface area (Å²) in [4.78, 5) is 34.0. The van der Waals surface area contributed by atoms with E-state index in [1.807, 2.05) is 0 Å². The van der Waals surface area contributed by atoms with Crippen LogP contribution in [0.5, 0.6) is 5.75 Å². The number of nitrogens with zero attached hydrogens (tertiary/aromatic N) is 1. The molecule has 2 aromatic rings. The van der Waals surface area contributed by atoms with Crippen molar-refractivity contribution in [3.63, 3.8) is 0 Å². The highest BCUT2D eigenvalue weighted by molar-refractivity contribution is 5.93. The van der Waals surface area contributed by atoms with Gasteiger partial charge >= 0.3 is 11.9 Å². The quantitative estimate of drug-likeness (QED) is 0.856. The van der Waals surface area contributed by atoms with Crippen LogP contribution in [0, 0.1) is 0 Å². The second-order valence-electron chi connectivity index (χ2n) is 4.08. The Morgan fingerprint density at radius 1 is 1.30 bits per heavy atom. The molecule has 0 fully saturated rings. The van der Waals surface area contributed by atoms with E-state index in [0.717, 1.165) is 6.20 Å². The summed E-state index contributed by atoms with van der Waals surface area (Å²) in [6.45, 7) is -0.441. The van der Waals surface area contributed by atoms with Crippen molar-refractivity contribution in [3.05, 3.63) is 40.2 Å². The lowest BCUT2D eigenvalue weighted by Crippen LogP contribution is -2.20. The van der Waals surface area contributed by atoms with E-state index in [0.29, 0.717) is 11.3 Å². The molecule has 0 atom stereocenters. The van der Waals surface area contributed by atoms with Gasteiger partial charge in [0.15, 0.2) is 0 Å². The number of aromatic carboxylic acids is 1. The molecule has 2 N–H and O–H groups in total. The molecule has 0 saturated carbocycles.